The normalized spacial score (nSPS) is 10.1. The van der Waals surface area contributed by atoms with Crippen LogP contribution in [0.25, 0.3) is 0 Å². The SMILES string of the molecule is COc1ccc(COCCCCC(=O)NN)cc1. The van der Waals surface area contributed by atoms with Gasteiger partial charge in [0.05, 0.1) is 13.7 Å². The summed E-state index contributed by atoms with van der Waals surface area (Å²) in [6.45, 7) is 1.22. The number of carbonyl (C=O) groups excluding carboxylic acids is 1. The molecular weight excluding hydrogens is 232 g/mol. The molecule has 0 saturated carbocycles. The van der Waals surface area contributed by atoms with Crippen LogP contribution < -0.4 is 16.0 Å². The summed E-state index contributed by atoms with van der Waals surface area (Å²) in [7, 11) is 1.64. The van der Waals surface area contributed by atoms with Crippen molar-refractivity contribution < 1.29 is 14.3 Å². The van der Waals surface area contributed by atoms with Crippen molar-refractivity contribution in [3.8, 4) is 5.75 Å². The maximum atomic E-state index is 10.8. The number of carbonyl (C=O) groups is 1. The molecule has 100 valence electrons. The van der Waals surface area contributed by atoms with Crippen LogP contribution in [-0.4, -0.2) is 19.6 Å². The fourth-order valence-electron chi connectivity index (χ4n) is 1.47. The van der Waals surface area contributed by atoms with Crippen molar-refractivity contribution in [3.63, 3.8) is 0 Å². The first-order chi connectivity index (χ1) is 8.76. The minimum Gasteiger partial charge on any atom is -0.497 e. The summed E-state index contributed by atoms with van der Waals surface area (Å²) in [6, 6.07) is 7.76. The summed E-state index contributed by atoms with van der Waals surface area (Å²) in [5, 5.41) is 0. The minimum atomic E-state index is -0.134. The molecule has 1 rings (SSSR count). The Kier molecular flexibility index (Phi) is 6.83. The molecule has 0 aromatic heterocycles. The Hall–Kier alpha value is -1.59. The number of nitrogens with one attached hydrogen (secondary N) is 1. The highest BCUT2D eigenvalue weighted by molar-refractivity contribution is 5.75. The average molecular weight is 252 g/mol. The summed E-state index contributed by atoms with van der Waals surface area (Å²) in [6.07, 6.45) is 2.08. The number of hydrogen-bond donors (Lipinski definition) is 2. The third-order valence-corrected chi connectivity index (χ3v) is 2.53. The van der Waals surface area contributed by atoms with Gasteiger partial charge < -0.3 is 9.47 Å². The molecule has 5 heteroatoms. The van der Waals surface area contributed by atoms with E-state index in [0.717, 1.165) is 24.2 Å². The van der Waals surface area contributed by atoms with E-state index in [0.29, 0.717) is 19.6 Å². The van der Waals surface area contributed by atoms with E-state index in [2.05, 4.69) is 5.43 Å². The number of benzene rings is 1. The quantitative estimate of drug-likeness (QED) is 0.317. The van der Waals surface area contributed by atoms with E-state index in [1.165, 1.54) is 0 Å². The van der Waals surface area contributed by atoms with E-state index in [1.54, 1.807) is 7.11 Å². The van der Waals surface area contributed by atoms with Crippen molar-refractivity contribution >= 4 is 5.91 Å². The largest absolute Gasteiger partial charge is 0.497 e. The van der Waals surface area contributed by atoms with Gasteiger partial charge in [0, 0.05) is 13.0 Å². The van der Waals surface area contributed by atoms with Crippen LogP contribution in [-0.2, 0) is 16.1 Å². The highest BCUT2D eigenvalue weighted by atomic mass is 16.5. The molecule has 0 atom stereocenters. The molecule has 0 fully saturated rings. The Balaban J connectivity index is 2.08. The van der Waals surface area contributed by atoms with Crippen LogP contribution in [0.4, 0.5) is 0 Å². The van der Waals surface area contributed by atoms with Crippen LogP contribution in [0, 0.1) is 0 Å². The Morgan fingerprint density at radius 2 is 2.00 bits per heavy atom. The van der Waals surface area contributed by atoms with Crippen LogP contribution in [0.5, 0.6) is 5.75 Å². The standard InChI is InChI=1S/C13H20N2O3/c1-17-12-7-5-11(6-8-12)10-18-9-3-2-4-13(16)15-14/h5-8H,2-4,9-10,14H2,1H3,(H,15,16). The van der Waals surface area contributed by atoms with Gasteiger partial charge in [-0.15, -0.1) is 0 Å². The lowest BCUT2D eigenvalue weighted by Crippen LogP contribution is -2.29. The first kappa shape index (κ1) is 14.5. The summed E-state index contributed by atoms with van der Waals surface area (Å²) >= 11 is 0. The number of amides is 1. The smallest absolute Gasteiger partial charge is 0.233 e. The summed E-state index contributed by atoms with van der Waals surface area (Å²) in [4.78, 5) is 10.8. The third-order valence-electron chi connectivity index (χ3n) is 2.53. The molecule has 0 aliphatic rings. The maximum absolute atomic E-state index is 10.8. The van der Waals surface area contributed by atoms with Crippen LogP contribution in [0.15, 0.2) is 24.3 Å². The third kappa shape index (κ3) is 5.65. The van der Waals surface area contributed by atoms with E-state index in [4.69, 9.17) is 15.3 Å². The van der Waals surface area contributed by atoms with Gasteiger partial charge in [-0.2, -0.15) is 0 Å². The Morgan fingerprint density at radius 3 is 2.61 bits per heavy atom. The van der Waals surface area contributed by atoms with Crippen molar-refractivity contribution in [1.29, 1.82) is 0 Å². The molecule has 0 aliphatic carbocycles. The number of ether oxygens (including phenoxy) is 2. The Morgan fingerprint density at radius 1 is 1.28 bits per heavy atom. The van der Waals surface area contributed by atoms with Crippen molar-refractivity contribution in [2.45, 2.75) is 25.9 Å². The summed E-state index contributed by atoms with van der Waals surface area (Å²) < 4.78 is 10.6. The topological polar surface area (TPSA) is 73.6 Å². The van der Waals surface area contributed by atoms with Crippen LogP contribution >= 0.6 is 0 Å². The van der Waals surface area contributed by atoms with Crippen LogP contribution in [0.1, 0.15) is 24.8 Å². The van der Waals surface area contributed by atoms with Gasteiger partial charge in [-0.1, -0.05) is 12.1 Å². The van der Waals surface area contributed by atoms with E-state index >= 15 is 0 Å². The first-order valence-electron chi connectivity index (χ1n) is 5.96. The van der Waals surface area contributed by atoms with Gasteiger partial charge in [-0.25, -0.2) is 5.84 Å². The summed E-state index contributed by atoms with van der Waals surface area (Å²) in [5.74, 6) is 5.68. The van der Waals surface area contributed by atoms with Gasteiger partial charge in [0.2, 0.25) is 5.91 Å². The zero-order valence-electron chi connectivity index (χ0n) is 10.6. The molecule has 0 radical (unpaired) electrons. The number of rotatable bonds is 8. The zero-order valence-corrected chi connectivity index (χ0v) is 10.6. The second-order valence-electron chi connectivity index (χ2n) is 3.93. The Bertz CT molecular complexity index is 352. The van der Waals surface area contributed by atoms with E-state index in [-0.39, 0.29) is 5.91 Å². The molecule has 0 spiro atoms. The zero-order chi connectivity index (χ0) is 13.2. The van der Waals surface area contributed by atoms with E-state index in [1.807, 2.05) is 24.3 Å². The molecule has 0 aliphatic heterocycles. The molecule has 5 nitrogen and oxygen atoms in total. The molecule has 1 amide bonds. The summed E-state index contributed by atoms with van der Waals surface area (Å²) in [5.41, 5.74) is 3.21. The predicted molar refractivity (Wildman–Crippen MR) is 68.8 cm³/mol. The lowest BCUT2D eigenvalue weighted by Gasteiger charge is -2.05. The monoisotopic (exact) mass is 252 g/mol. The van der Waals surface area contributed by atoms with Crippen molar-refractivity contribution in [2.24, 2.45) is 5.84 Å². The number of nitrogens with two attached hydrogens (primary N) is 1. The van der Waals surface area contributed by atoms with Crippen molar-refractivity contribution in [1.82, 2.24) is 5.43 Å². The lowest BCUT2D eigenvalue weighted by molar-refractivity contribution is -0.121. The van der Waals surface area contributed by atoms with Crippen molar-refractivity contribution in [3.05, 3.63) is 29.8 Å². The second kappa shape index (κ2) is 8.49. The predicted octanol–water partition coefficient (Wildman–Crippen LogP) is 1.37. The van der Waals surface area contributed by atoms with E-state index < -0.39 is 0 Å². The van der Waals surface area contributed by atoms with Gasteiger partial charge in [-0.3, -0.25) is 10.2 Å². The number of unbranched alkanes of at least 4 members (excludes halogenated alkanes) is 1. The second-order valence-corrected chi connectivity index (χ2v) is 3.93. The first-order valence-corrected chi connectivity index (χ1v) is 5.96. The number of hydrogen-bond acceptors (Lipinski definition) is 4. The molecule has 0 heterocycles. The maximum Gasteiger partial charge on any atom is 0.233 e. The molecule has 18 heavy (non-hydrogen) atoms. The molecule has 0 saturated heterocycles. The van der Waals surface area contributed by atoms with Crippen LogP contribution in [0.2, 0.25) is 0 Å². The van der Waals surface area contributed by atoms with Gasteiger partial charge in [0.25, 0.3) is 0 Å². The van der Waals surface area contributed by atoms with Gasteiger partial charge in [0.1, 0.15) is 5.75 Å². The molecule has 0 unspecified atom stereocenters. The van der Waals surface area contributed by atoms with Gasteiger partial charge >= 0.3 is 0 Å². The molecule has 0 bridgehead atoms. The lowest BCUT2D eigenvalue weighted by atomic mass is 10.2. The van der Waals surface area contributed by atoms with Crippen molar-refractivity contribution in [2.75, 3.05) is 13.7 Å². The number of hydrazine groups is 1. The minimum absolute atomic E-state index is 0.134. The molecule has 3 N–H and O–H groups in total. The fraction of sp³-hybridized carbons (Fsp3) is 0.462. The number of methoxy groups -OCH3 is 1. The Labute approximate surface area is 107 Å². The molecular formula is C13H20N2O3. The molecule has 1 aromatic carbocycles. The average Bonchev–Trinajstić information content (AvgIpc) is 2.43. The molecule has 1 aromatic rings. The van der Waals surface area contributed by atoms with Gasteiger partial charge in [0.15, 0.2) is 0 Å². The highest BCUT2D eigenvalue weighted by Crippen LogP contribution is 2.12. The van der Waals surface area contributed by atoms with E-state index in [9.17, 15) is 4.79 Å². The van der Waals surface area contributed by atoms with Crippen LogP contribution in [0.3, 0.4) is 0 Å². The highest BCUT2D eigenvalue weighted by Gasteiger charge is 1.98. The fourth-order valence-corrected chi connectivity index (χ4v) is 1.47. The van der Waals surface area contributed by atoms with Gasteiger partial charge in [-0.05, 0) is 30.5 Å².